The number of ether oxygens (including phenoxy) is 3. The van der Waals surface area contributed by atoms with Crippen molar-refractivity contribution in [3.8, 4) is 0 Å². The van der Waals surface area contributed by atoms with Gasteiger partial charge in [-0.2, -0.15) is 0 Å². The van der Waals surface area contributed by atoms with Crippen LogP contribution in [0, 0.1) is 6.92 Å². The van der Waals surface area contributed by atoms with E-state index in [1.165, 1.54) is 0 Å². The average Bonchev–Trinajstić information content (AvgIpc) is 3.30. The minimum atomic E-state index is -0.549. The molecule has 2 N–H and O–H groups in total. The van der Waals surface area contributed by atoms with Crippen molar-refractivity contribution in [1.82, 2.24) is 29.7 Å². The van der Waals surface area contributed by atoms with E-state index >= 15 is 0 Å². The van der Waals surface area contributed by atoms with Crippen LogP contribution in [0.5, 0.6) is 0 Å². The number of H-pyrrole nitrogens is 1. The second-order valence-corrected chi connectivity index (χ2v) is 8.79. The van der Waals surface area contributed by atoms with E-state index in [0.29, 0.717) is 36.7 Å². The lowest BCUT2D eigenvalue weighted by Crippen LogP contribution is -2.49. The SMILES string of the molecule is [3H]CCN[C@@H]1C(OC)[C@H](n2cnc3c(=O)[nH]c(C)nc32)O[C@@H]1COC(C)N(C(C)C)C(C)C. The molecule has 2 aromatic rings. The summed E-state index contributed by atoms with van der Waals surface area (Å²) < 4.78 is 27.9. The highest BCUT2D eigenvalue weighted by Gasteiger charge is 2.46. The van der Waals surface area contributed by atoms with Gasteiger partial charge in [0, 0.05) is 20.6 Å². The first-order valence-electron chi connectivity index (χ1n) is 11.9. The lowest BCUT2D eigenvalue weighted by molar-refractivity contribution is -0.120. The standard InChI is InChI=1S/C22H38N6O4/c1-9-23-17-16(10-31-15(7)28(12(2)3)13(4)5)32-22(19(17)30-8)27-11-24-18-20(27)25-14(6)26-21(18)29/h11-13,15-17,19,22-23H,9-10H2,1-8H3,(H,25,26,29)/t15?,16-,17+,19?,22-/m1/s1/i1T. The molecule has 1 saturated heterocycles. The Labute approximate surface area is 191 Å². The number of nitrogens with zero attached hydrogens (tertiary/aromatic N) is 4. The Morgan fingerprint density at radius 3 is 2.69 bits per heavy atom. The number of hydrogen-bond acceptors (Lipinski definition) is 8. The topological polar surface area (TPSA) is 107 Å². The highest BCUT2D eigenvalue weighted by Crippen LogP contribution is 2.33. The number of imidazole rings is 1. The van der Waals surface area contributed by atoms with Crippen LogP contribution in [0.3, 0.4) is 0 Å². The van der Waals surface area contributed by atoms with E-state index < -0.39 is 6.23 Å². The number of methoxy groups -OCH3 is 1. The quantitative estimate of drug-likeness (QED) is 0.526. The molecule has 0 spiro atoms. The first-order chi connectivity index (χ1) is 15.7. The number of aromatic amines is 1. The predicted octanol–water partition coefficient (Wildman–Crippen LogP) is 1.80. The van der Waals surface area contributed by atoms with Crippen molar-refractivity contribution in [3.05, 3.63) is 22.5 Å². The van der Waals surface area contributed by atoms with Crippen molar-refractivity contribution < 1.29 is 15.6 Å². The van der Waals surface area contributed by atoms with Gasteiger partial charge in [-0.1, -0.05) is 6.90 Å². The molecule has 5 atom stereocenters. The molecule has 0 aromatic carbocycles. The van der Waals surface area contributed by atoms with Crippen LogP contribution in [0.25, 0.3) is 11.2 Å². The van der Waals surface area contributed by atoms with Crippen molar-refractivity contribution in [1.29, 1.82) is 0 Å². The second kappa shape index (κ2) is 10.4. The minimum absolute atomic E-state index is 0.0950. The second-order valence-electron chi connectivity index (χ2n) is 8.79. The van der Waals surface area contributed by atoms with Crippen LogP contribution in [0.1, 0.15) is 54.9 Å². The maximum absolute atomic E-state index is 12.3. The minimum Gasteiger partial charge on any atom is -0.375 e. The first-order valence-corrected chi connectivity index (χ1v) is 11.2. The van der Waals surface area contributed by atoms with E-state index in [1.807, 2.05) is 0 Å². The lowest BCUT2D eigenvalue weighted by atomic mass is 10.1. The average molecular weight is 453 g/mol. The van der Waals surface area contributed by atoms with Crippen LogP contribution >= 0.6 is 0 Å². The van der Waals surface area contributed by atoms with Gasteiger partial charge in [0.25, 0.3) is 5.56 Å². The van der Waals surface area contributed by atoms with Crippen LogP contribution in [0.15, 0.2) is 11.1 Å². The summed E-state index contributed by atoms with van der Waals surface area (Å²) in [6.07, 6.45) is 0.214. The summed E-state index contributed by atoms with van der Waals surface area (Å²) in [4.78, 5) is 26.0. The number of fused-ring (bicyclic) bond motifs is 1. The van der Waals surface area contributed by atoms with Crippen LogP contribution in [-0.2, 0) is 14.2 Å². The van der Waals surface area contributed by atoms with Gasteiger partial charge in [-0.3, -0.25) is 14.3 Å². The van der Waals surface area contributed by atoms with Crippen LogP contribution in [-0.4, -0.2) is 81.2 Å². The largest absolute Gasteiger partial charge is 0.375 e. The number of nitrogens with one attached hydrogen (secondary N) is 2. The zero-order valence-corrected chi connectivity index (χ0v) is 20.2. The van der Waals surface area contributed by atoms with Gasteiger partial charge in [0.2, 0.25) is 0 Å². The fraction of sp³-hybridized carbons (Fsp3) is 0.773. The highest BCUT2D eigenvalue weighted by molar-refractivity contribution is 5.69. The van der Waals surface area contributed by atoms with Crippen molar-refractivity contribution in [3.63, 3.8) is 0 Å². The molecule has 0 aliphatic carbocycles. The number of aromatic nitrogens is 4. The van der Waals surface area contributed by atoms with Crippen molar-refractivity contribution in [2.24, 2.45) is 0 Å². The number of rotatable bonds is 10. The lowest BCUT2D eigenvalue weighted by Gasteiger charge is -2.36. The molecular formula is C22H38N6O4. The van der Waals surface area contributed by atoms with Crippen molar-refractivity contribution >= 4 is 11.2 Å². The van der Waals surface area contributed by atoms with Crippen LogP contribution < -0.4 is 10.9 Å². The smallest absolute Gasteiger partial charge is 0.279 e. The molecule has 1 aliphatic heterocycles. The van der Waals surface area contributed by atoms with E-state index in [-0.39, 0.29) is 42.5 Å². The Morgan fingerprint density at radius 1 is 1.34 bits per heavy atom. The zero-order chi connectivity index (χ0) is 24.3. The summed E-state index contributed by atoms with van der Waals surface area (Å²) in [5, 5.41) is 3.39. The van der Waals surface area contributed by atoms with Gasteiger partial charge in [0.15, 0.2) is 17.4 Å². The van der Waals surface area contributed by atoms with Gasteiger partial charge < -0.3 is 24.5 Å². The van der Waals surface area contributed by atoms with Gasteiger partial charge in [0.05, 0.1) is 19.0 Å². The number of aryl methyl sites for hydroxylation is 1. The summed E-state index contributed by atoms with van der Waals surface area (Å²) in [5.74, 6) is 0.501. The Hall–Kier alpha value is -1.85. The molecule has 2 aromatic heterocycles. The van der Waals surface area contributed by atoms with E-state index in [0.717, 1.165) is 0 Å². The highest BCUT2D eigenvalue weighted by atomic mass is 16.6. The van der Waals surface area contributed by atoms with Gasteiger partial charge in [-0.15, -0.1) is 0 Å². The van der Waals surface area contributed by atoms with E-state index in [1.54, 1.807) is 24.9 Å². The summed E-state index contributed by atoms with van der Waals surface area (Å²) >= 11 is 0. The molecule has 3 heterocycles. The molecule has 1 fully saturated rings. The van der Waals surface area contributed by atoms with Crippen LogP contribution in [0.4, 0.5) is 0 Å². The van der Waals surface area contributed by atoms with E-state index in [9.17, 15) is 4.79 Å². The third-order valence-electron chi connectivity index (χ3n) is 5.94. The molecule has 0 radical (unpaired) electrons. The molecular weight excluding hydrogens is 412 g/mol. The third-order valence-corrected chi connectivity index (χ3v) is 5.94. The maximum atomic E-state index is 12.3. The predicted molar refractivity (Wildman–Crippen MR) is 123 cm³/mol. The van der Waals surface area contributed by atoms with Gasteiger partial charge in [-0.05, 0) is 48.1 Å². The Bertz CT molecular complexity index is 956. The molecule has 32 heavy (non-hydrogen) atoms. The van der Waals surface area contributed by atoms with E-state index in [2.05, 4.69) is 59.8 Å². The van der Waals surface area contributed by atoms with Crippen LogP contribution in [0.2, 0.25) is 0 Å². The molecule has 10 nitrogen and oxygen atoms in total. The zero-order valence-electron chi connectivity index (χ0n) is 21.2. The summed E-state index contributed by atoms with van der Waals surface area (Å²) in [6, 6.07) is 0.474. The summed E-state index contributed by atoms with van der Waals surface area (Å²) in [5.41, 5.74) is 0.416. The molecule has 3 rings (SSSR count). The molecule has 10 heteroatoms. The fourth-order valence-corrected chi connectivity index (χ4v) is 4.75. The van der Waals surface area contributed by atoms with Gasteiger partial charge in [-0.25, -0.2) is 9.97 Å². The van der Waals surface area contributed by atoms with Crippen molar-refractivity contribution in [2.75, 3.05) is 20.3 Å². The Morgan fingerprint density at radius 2 is 2.06 bits per heavy atom. The van der Waals surface area contributed by atoms with E-state index in [4.69, 9.17) is 15.6 Å². The molecule has 0 saturated carbocycles. The maximum Gasteiger partial charge on any atom is 0.279 e. The third kappa shape index (κ3) is 4.89. The Kier molecular flexibility index (Phi) is 7.57. The van der Waals surface area contributed by atoms with Gasteiger partial charge in [0.1, 0.15) is 24.3 Å². The molecule has 180 valence electrons. The molecule has 0 amide bonds. The Balaban J connectivity index is 1.86. The molecule has 2 unspecified atom stereocenters. The summed E-state index contributed by atoms with van der Waals surface area (Å²) in [7, 11) is 1.63. The number of likely N-dealkylation sites (N-methyl/N-ethyl adjacent to an activating group) is 1. The summed E-state index contributed by atoms with van der Waals surface area (Å²) in [6.45, 7) is 13.5. The molecule has 0 bridgehead atoms. The first kappa shape index (κ1) is 23.3. The number of hydrogen-bond donors (Lipinski definition) is 2. The monoisotopic (exact) mass is 452 g/mol. The van der Waals surface area contributed by atoms with Gasteiger partial charge >= 0.3 is 0 Å². The fourth-order valence-electron chi connectivity index (χ4n) is 4.75. The molecule has 1 aliphatic rings. The normalized spacial score (nSPS) is 25.4. The van der Waals surface area contributed by atoms with Crippen molar-refractivity contribution in [2.45, 2.75) is 91.2 Å².